The molecule has 3 rings (SSSR count). The zero-order chi connectivity index (χ0) is 10.8. The van der Waals surface area contributed by atoms with Gasteiger partial charge in [0, 0.05) is 41.6 Å². The molecule has 0 saturated carbocycles. The van der Waals surface area contributed by atoms with E-state index in [2.05, 4.69) is 15.2 Å². The fourth-order valence-electron chi connectivity index (χ4n) is 1.48. The van der Waals surface area contributed by atoms with Gasteiger partial charge in [0.05, 0.1) is 0 Å². The Labute approximate surface area is 108 Å². The summed E-state index contributed by atoms with van der Waals surface area (Å²) in [6, 6.07) is 9.46. The van der Waals surface area contributed by atoms with E-state index in [9.17, 15) is 0 Å². The van der Waals surface area contributed by atoms with Crippen molar-refractivity contribution in [1.82, 2.24) is 24.5 Å². The molecular weight excluding hydrogens is 261 g/mol. The van der Waals surface area contributed by atoms with Gasteiger partial charge in [0.2, 0.25) is 0 Å². The van der Waals surface area contributed by atoms with Gasteiger partial charge in [-0.2, -0.15) is 10.2 Å². The van der Waals surface area contributed by atoms with Crippen molar-refractivity contribution in [3.05, 3.63) is 55.1 Å². The van der Waals surface area contributed by atoms with Crippen molar-refractivity contribution < 1.29 is 16.8 Å². The van der Waals surface area contributed by atoms with Crippen molar-refractivity contribution in [2.24, 2.45) is 0 Å². The molecule has 0 unspecified atom stereocenters. The van der Waals surface area contributed by atoms with Crippen LogP contribution in [0.25, 0.3) is 11.6 Å². The van der Waals surface area contributed by atoms with E-state index in [0.29, 0.717) is 0 Å². The van der Waals surface area contributed by atoms with E-state index in [0.717, 1.165) is 11.6 Å². The Hall–Kier alpha value is -1.92. The van der Waals surface area contributed by atoms with Crippen LogP contribution < -0.4 is 0 Å². The van der Waals surface area contributed by atoms with E-state index in [1.54, 1.807) is 21.8 Å². The topological polar surface area (TPSA) is 48.5 Å². The maximum atomic E-state index is 4.46. The second-order valence-electron chi connectivity index (χ2n) is 3.26. The van der Waals surface area contributed by atoms with Crippen molar-refractivity contribution in [2.45, 2.75) is 0 Å². The number of hydrogen-bond acceptors (Lipinski definition) is 3. The Morgan fingerprint density at radius 3 is 1.71 bits per heavy atom. The first-order valence-electron chi connectivity index (χ1n) is 4.90. The Bertz CT molecular complexity index is 524. The summed E-state index contributed by atoms with van der Waals surface area (Å²) >= 11 is 0. The minimum atomic E-state index is 0. The molecule has 17 heavy (non-hydrogen) atoms. The van der Waals surface area contributed by atoms with Crippen molar-refractivity contribution in [3.63, 3.8) is 0 Å². The number of aromatic nitrogens is 5. The van der Waals surface area contributed by atoms with E-state index < -0.39 is 0 Å². The molecule has 0 bridgehead atoms. The molecule has 0 aromatic carbocycles. The van der Waals surface area contributed by atoms with Gasteiger partial charge >= 0.3 is 0 Å². The molecule has 0 spiro atoms. The van der Waals surface area contributed by atoms with E-state index in [1.165, 1.54) is 0 Å². The van der Waals surface area contributed by atoms with Crippen LogP contribution in [0.3, 0.4) is 0 Å². The first-order chi connectivity index (χ1) is 7.93. The average molecular weight is 270 g/mol. The largest absolute Gasteiger partial charge is 0.223 e. The van der Waals surface area contributed by atoms with Gasteiger partial charge in [-0.25, -0.2) is 14.3 Å². The first-order valence-corrected chi connectivity index (χ1v) is 4.90. The SMILES string of the molecule is [Co].c1cc(-n2cccn2)nc(-n2cccn2)c1. The van der Waals surface area contributed by atoms with Gasteiger partial charge in [-0.05, 0) is 24.3 Å². The molecule has 87 valence electrons. The van der Waals surface area contributed by atoms with E-state index in [1.807, 2.05) is 42.7 Å². The van der Waals surface area contributed by atoms with Gasteiger partial charge in [0.15, 0.2) is 11.6 Å². The molecule has 0 amide bonds. The molecule has 0 N–H and O–H groups in total. The monoisotopic (exact) mass is 270 g/mol. The second kappa shape index (κ2) is 4.94. The summed E-state index contributed by atoms with van der Waals surface area (Å²) in [6.45, 7) is 0. The molecule has 3 aromatic heterocycles. The van der Waals surface area contributed by atoms with Crippen molar-refractivity contribution in [1.29, 1.82) is 0 Å². The van der Waals surface area contributed by atoms with Crippen LogP contribution >= 0.6 is 0 Å². The standard InChI is InChI=1S/C11H9N5.Co/c1-4-10(15-8-2-6-12-15)14-11(5-1)16-9-3-7-13-16;/h1-9H;. The summed E-state index contributed by atoms with van der Waals surface area (Å²) in [6.07, 6.45) is 7.16. The van der Waals surface area contributed by atoms with Gasteiger partial charge in [-0.15, -0.1) is 0 Å². The molecule has 0 fully saturated rings. The third kappa shape index (κ3) is 2.27. The molecular formula is C11H9CoN5. The Kier molecular flexibility index (Phi) is 3.36. The van der Waals surface area contributed by atoms with Gasteiger partial charge in [-0.3, -0.25) is 0 Å². The Morgan fingerprint density at radius 2 is 1.29 bits per heavy atom. The third-order valence-electron chi connectivity index (χ3n) is 2.20. The summed E-state index contributed by atoms with van der Waals surface area (Å²) in [5.74, 6) is 1.55. The molecule has 3 aromatic rings. The maximum Gasteiger partial charge on any atom is 0.155 e. The summed E-state index contributed by atoms with van der Waals surface area (Å²) in [5, 5.41) is 8.27. The van der Waals surface area contributed by atoms with Crippen LogP contribution in [0.4, 0.5) is 0 Å². The third-order valence-corrected chi connectivity index (χ3v) is 2.20. The number of rotatable bonds is 2. The maximum absolute atomic E-state index is 4.46. The van der Waals surface area contributed by atoms with Crippen molar-refractivity contribution in [2.75, 3.05) is 0 Å². The number of nitrogens with zero attached hydrogens (tertiary/aromatic N) is 5. The zero-order valence-corrected chi connectivity index (χ0v) is 9.81. The Morgan fingerprint density at radius 1 is 0.765 bits per heavy atom. The predicted octanol–water partition coefficient (Wildman–Crippen LogP) is 1.45. The van der Waals surface area contributed by atoms with Gasteiger partial charge < -0.3 is 0 Å². The molecule has 0 saturated heterocycles. The summed E-state index contributed by atoms with van der Waals surface area (Å²) in [4.78, 5) is 4.46. The smallest absolute Gasteiger partial charge is 0.155 e. The van der Waals surface area contributed by atoms with E-state index in [4.69, 9.17) is 0 Å². The van der Waals surface area contributed by atoms with Crippen molar-refractivity contribution in [3.8, 4) is 11.6 Å². The minimum Gasteiger partial charge on any atom is -0.223 e. The van der Waals surface area contributed by atoms with Crippen LogP contribution in [0.5, 0.6) is 0 Å². The molecule has 0 aliphatic rings. The van der Waals surface area contributed by atoms with Crippen LogP contribution in [-0.4, -0.2) is 24.5 Å². The second-order valence-corrected chi connectivity index (χ2v) is 3.26. The molecule has 3 heterocycles. The number of pyridine rings is 1. The molecule has 6 heteroatoms. The van der Waals surface area contributed by atoms with E-state index >= 15 is 0 Å². The molecule has 5 nitrogen and oxygen atoms in total. The average Bonchev–Trinajstić information content (AvgIpc) is 3.03. The number of hydrogen-bond donors (Lipinski definition) is 0. The minimum absolute atomic E-state index is 0. The molecule has 0 aliphatic carbocycles. The first kappa shape index (κ1) is 11.6. The summed E-state index contributed by atoms with van der Waals surface area (Å²) in [7, 11) is 0. The van der Waals surface area contributed by atoms with Gasteiger partial charge in [0.1, 0.15) is 0 Å². The Balaban J connectivity index is 0.00000108. The normalized spacial score (nSPS) is 9.88. The van der Waals surface area contributed by atoms with Crippen LogP contribution in [0.1, 0.15) is 0 Å². The summed E-state index contributed by atoms with van der Waals surface area (Å²) in [5.41, 5.74) is 0. The fourth-order valence-corrected chi connectivity index (χ4v) is 1.48. The molecule has 0 aliphatic heterocycles. The van der Waals surface area contributed by atoms with Gasteiger partial charge in [0.25, 0.3) is 0 Å². The summed E-state index contributed by atoms with van der Waals surface area (Å²) < 4.78 is 3.43. The quantitative estimate of drug-likeness (QED) is 0.708. The van der Waals surface area contributed by atoms with Gasteiger partial charge in [-0.1, -0.05) is 6.07 Å². The van der Waals surface area contributed by atoms with Crippen LogP contribution in [0, 0.1) is 0 Å². The van der Waals surface area contributed by atoms with Crippen LogP contribution in [0.15, 0.2) is 55.1 Å². The predicted molar refractivity (Wildman–Crippen MR) is 58.5 cm³/mol. The fraction of sp³-hybridized carbons (Fsp3) is 0. The van der Waals surface area contributed by atoms with E-state index in [-0.39, 0.29) is 16.8 Å². The molecule has 0 atom stereocenters. The van der Waals surface area contributed by atoms with Crippen molar-refractivity contribution >= 4 is 0 Å². The van der Waals surface area contributed by atoms with Crippen LogP contribution in [0.2, 0.25) is 0 Å². The zero-order valence-electron chi connectivity index (χ0n) is 8.77. The van der Waals surface area contributed by atoms with Crippen LogP contribution in [-0.2, 0) is 16.8 Å². The molecule has 1 radical (unpaired) electrons.